The Morgan fingerprint density at radius 2 is 1.88 bits per heavy atom. The standard InChI is InChI=1S/C17H22N4O2.ClH/c1-11-3-5-13(6-4-11)15(18)17(22)21-9-7-14(8-10-21)16-19-12(2)20-23-16;/h3-6,14-15H,7-10,18H2,1-2H3;1H. The van der Waals surface area contributed by atoms with Crippen molar-refractivity contribution >= 4 is 18.3 Å². The number of benzene rings is 1. The summed E-state index contributed by atoms with van der Waals surface area (Å²) in [6.45, 7) is 5.17. The van der Waals surface area contributed by atoms with Crippen molar-refractivity contribution in [3.8, 4) is 0 Å². The van der Waals surface area contributed by atoms with Crippen molar-refractivity contribution in [3.05, 3.63) is 47.1 Å². The van der Waals surface area contributed by atoms with Gasteiger partial charge in [-0.3, -0.25) is 4.79 Å². The summed E-state index contributed by atoms with van der Waals surface area (Å²) in [4.78, 5) is 18.7. The highest BCUT2D eigenvalue weighted by molar-refractivity contribution is 5.85. The number of amides is 1. The number of carbonyl (C=O) groups is 1. The van der Waals surface area contributed by atoms with E-state index in [4.69, 9.17) is 10.3 Å². The molecule has 1 aromatic carbocycles. The molecule has 2 N–H and O–H groups in total. The number of aromatic nitrogens is 2. The lowest BCUT2D eigenvalue weighted by Crippen LogP contribution is -2.43. The van der Waals surface area contributed by atoms with Crippen molar-refractivity contribution in [2.24, 2.45) is 5.73 Å². The SMILES string of the molecule is Cc1ccc(C(N)C(=O)N2CCC(c3nc(C)no3)CC2)cc1.Cl. The van der Waals surface area contributed by atoms with Crippen LogP contribution >= 0.6 is 12.4 Å². The van der Waals surface area contributed by atoms with Gasteiger partial charge >= 0.3 is 0 Å². The van der Waals surface area contributed by atoms with Gasteiger partial charge in [-0.25, -0.2) is 0 Å². The maximum atomic E-state index is 12.6. The van der Waals surface area contributed by atoms with Crippen LogP contribution in [0.5, 0.6) is 0 Å². The Hall–Kier alpha value is -1.92. The third-order valence-corrected chi connectivity index (χ3v) is 4.40. The van der Waals surface area contributed by atoms with Crippen molar-refractivity contribution < 1.29 is 9.32 Å². The maximum Gasteiger partial charge on any atom is 0.244 e. The van der Waals surface area contributed by atoms with E-state index in [2.05, 4.69) is 10.1 Å². The second-order valence-electron chi connectivity index (χ2n) is 6.17. The van der Waals surface area contributed by atoms with Gasteiger partial charge in [0, 0.05) is 19.0 Å². The number of hydrogen-bond acceptors (Lipinski definition) is 5. The second-order valence-corrected chi connectivity index (χ2v) is 6.17. The molecule has 1 aliphatic heterocycles. The molecule has 0 radical (unpaired) electrons. The number of carbonyl (C=O) groups excluding carboxylic acids is 1. The second kappa shape index (κ2) is 7.77. The van der Waals surface area contributed by atoms with E-state index in [0.717, 1.165) is 24.0 Å². The number of nitrogens with two attached hydrogens (primary N) is 1. The van der Waals surface area contributed by atoms with Crippen molar-refractivity contribution in [3.63, 3.8) is 0 Å². The molecule has 6 nitrogen and oxygen atoms in total. The Balaban J connectivity index is 0.00000208. The lowest BCUT2D eigenvalue weighted by atomic mass is 9.95. The average molecular weight is 351 g/mol. The molecule has 1 saturated heterocycles. The summed E-state index contributed by atoms with van der Waals surface area (Å²) >= 11 is 0. The summed E-state index contributed by atoms with van der Waals surface area (Å²) in [5.74, 6) is 1.54. The summed E-state index contributed by atoms with van der Waals surface area (Å²) < 4.78 is 5.24. The molecule has 1 amide bonds. The highest BCUT2D eigenvalue weighted by Crippen LogP contribution is 2.28. The van der Waals surface area contributed by atoms with Gasteiger partial charge in [0.2, 0.25) is 11.8 Å². The first-order valence-electron chi connectivity index (χ1n) is 7.95. The van der Waals surface area contributed by atoms with E-state index in [1.54, 1.807) is 0 Å². The van der Waals surface area contributed by atoms with E-state index < -0.39 is 6.04 Å². The van der Waals surface area contributed by atoms with Crippen LogP contribution < -0.4 is 5.73 Å². The molecule has 2 aromatic rings. The number of hydrogen-bond donors (Lipinski definition) is 1. The number of halogens is 1. The third kappa shape index (κ3) is 3.94. The first kappa shape index (κ1) is 18.4. The molecule has 1 atom stereocenters. The summed E-state index contributed by atoms with van der Waals surface area (Å²) in [7, 11) is 0. The average Bonchev–Trinajstić information content (AvgIpc) is 3.01. The first-order valence-corrected chi connectivity index (χ1v) is 7.95. The van der Waals surface area contributed by atoms with Gasteiger partial charge in [0.05, 0.1) is 0 Å². The Labute approximate surface area is 147 Å². The van der Waals surface area contributed by atoms with Crippen molar-refractivity contribution in [1.29, 1.82) is 0 Å². The van der Waals surface area contributed by atoms with Crippen molar-refractivity contribution in [2.75, 3.05) is 13.1 Å². The van der Waals surface area contributed by atoms with Gasteiger partial charge in [0.15, 0.2) is 5.82 Å². The van der Waals surface area contributed by atoms with Crippen LogP contribution in [0.2, 0.25) is 0 Å². The van der Waals surface area contributed by atoms with Gasteiger partial charge in [-0.2, -0.15) is 4.98 Å². The number of piperidine rings is 1. The van der Waals surface area contributed by atoms with E-state index in [1.165, 1.54) is 0 Å². The third-order valence-electron chi connectivity index (χ3n) is 4.40. The van der Waals surface area contributed by atoms with Gasteiger partial charge in [0.1, 0.15) is 6.04 Å². The number of nitrogens with zero attached hydrogens (tertiary/aromatic N) is 3. The molecule has 0 bridgehead atoms. The molecule has 0 saturated carbocycles. The van der Waals surface area contributed by atoms with E-state index in [9.17, 15) is 4.79 Å². The number of aryl methyl sites for hydroxylation is 2. The molecule has 1 unspecified atom stereocenters. The minimum absolute atomic E-state index is 0. The zero-order chi connectivity index (χ0) is 16.4. The summed E-state index contributed by atoms with van der Waals surface area (Å²) in [6, 6.07) is 7.20. The van der Waals surface area contributed by atoms with Gasteiger partial charge in [-0.15, -0.1) is 12.4 Å². The summed E-state index contributed by atoms with van der Waals surface area (Å²) in [5, 5.41) is 3.83. The number of rotatable bonds is 3. The summed E-state index contributed by atoms with van der Waals surface area (Å²) in [6.07, 6.45) is 1.65. The van der Waals surface area contributed by atoms with Gasteiger partial charge in [-0.05, 0) is 32.3 Å². The predicted molar refractivity (Wildman–Crippen MR) is 92.9 cm³/mol. The molecule has 1 aliphatic rings. The Morgan fingerprint density at radius 1 is 1.25 bits per heavy atom. The molecule has 3 rings (SSSR count). The van der Waals surface area contributed by atoms with Gasteiger partial charge in [0.25, 0.3) is 0 Å². The van der Waals surface area contributed by atoms with Crippen LogP contribution in [-0.4, -0.2) is 34.0 Å². The fourth-order valence-electron chi connectivity index (χ4n) is 2.94. The highest BCUT2D eigenvalue weighted by Gasteiger charge is 2.29. The van der Waals surface area contributed by atoms with E-state index in [0.29, 0.717) is 24.8 Å². The molecular formula is C17H23ClN4O2. The Morgan fingerprint density at radius 3 is 2.42 bits per heavy atom. The Bertz CT molecular complexity index is 678. The number of likely N-dealkylation sites (tertiary alicyclic amines) is 1. The van der Waals surface area contributed by atoms with Crippen LogP contribution in [-0.2, 0) is 4.79 Å². The minimum Gasteiger partial charge on any atom is -0.341 e. The zero-order valence-corrected chi connectivity index (χ0v) is 14.8. The molecule has 0 aliphatic carbocycles. The van der Waals surface area contributed by atoms with Gasteiger partial charge < -0.3 is 15.2 Å². The van der Waals surface area contributed by atoms with Crippen LogP contribution in [0.4, 0.5) is 0 Å². The molecule has 7 heteroatoms. The predicted octanol–water partition coefficient (Wildman–Crippen LogP) is 2.51. The fourth-order valence-corrected chi connectivity index (χ4v) is 2.94. The molecule has 2 heterocycles. The maximum absolute atomic E-state index is 12.6. The molecule has 1 fully saturated rings. The normalized spacial score (nSPS) is 16.5. The van der Waals surface area contributed by atoms with Gasteiger partial charge in [-0.1, -0.05) is 35.0 Å². The van der Waals surface area contributed by atoms with Crippen LogP contribution in [0.3, 0.4) is 0 Å². The summed E-state index contributed by atoms with van der Waals surface area (Å²) in [5.41, 5.74) is 8.15. The van der Waals surface area contributed by atoms with E-state index in [-0.39, 0.29) is 24.2 Å². The van der Waals surface area contributed by atoms with Crippen LogP contribution in [0.1, 0.15) is 47.6 Å². The molecule has 1 aromatic heterocycles. The molecule has 24 heavy (non-hydrogen) atoms. The van der Waals surface area contributed by atoms with E-state index >= 15 is 0 Å². The molecule has 130 valence electrons. The minimum atomic E-state index is -0.599. The first-order chi connectivity index (χ1) is 11.0. The van der Waals surface area contributed by atoms with Crippen LogP contribution in [0, 0.1) is 13.8 Å². The fraction of sp³-hybridized carbons (Fsp3) is 0.471. The largest absolute Gasteiger partial charge is 0.341 e. The monoisotopic (exact) mass is 350 g/mol. The quantitative estimate of drug-likeness (QED) is 0.919. The van der Waals surface area contributed by atoms with Crippen LogP contribution in [0.15, 0.2) is 28.8 Å². The van der Waals surface area contributed by atoms with Crippen molar-refractivity contribution in [2.45, 2.75) is 38.6 Å². The topological polar surface area (TPSA) is 85.3 Å². The molecule has 0 spiro atoms. The van der Waals surface area contributed by atoms with E-state index in [1.807, 2.05) is 43.0 Å². The Kier molecular flexibility index (Phi) is 5.96. The lowest BCUT2D eigenvalue weighted by Gasteiger charge is -2.32. The van der Waals surface area contributed by atoms with Crippen molar-refractivity contribution in [1.82, 2.24) is 15.0 Å². The smallest absolute Gasteiger partial charge is 0.244 e. The molecular weight excluding hydrogens is 328 g/mol. The van der Waals surface area contributed by atoms with Crippen LogP contribution in [0.25, 0.3) is 0 Å². The highest BCUT2D eigenvalue weighted by atomic mass is 35.5. The zero-order valence-electron chi connectivity index (χ0n) is 13.9. The lowest BCUT2D eigenvalue weighted by molar-refractivity contribution is -0.133.